The standard InChI is InChI=1S/C8H17S2/c1-4-6-7-10-8(3,9)5-2/h4-7H2,1-3H3. The van der Waals surface area contributed by atoms with Crippen molar-refractivity contribution in [2.75, 3.05) is 5.75 Å². The molecule has 0 nitrogen and oxygen atoms in total. The van der Waals surface area contributed by atoms with E-state index in [1.54, 1.807) is 0 Å². The molecule has 0 aliphatic carbocycles. The van der Waals surface area contributed by atoms with E-state index in [4.69, 9.17) is 12.6 Å². The van der Waals surface area contributed by atoms with Gasteiger partial charge >= 0.3 is 0 Å². The zero-order valence-electron chi connectivity index (χ0n) is 7.14. The summed E-state index contributed by atoms with van der Waals surface area (Å²) in [4.78, 5) is 0. The lowest BCUT2D eigenvalue weighted by atomic mass is 10.4. The Morgan fingerprint density at radius 3 is 2.40 bits per heavy atom. The van der Waals surface area contributed by atoms with Crippen LogP contribution in [0.2, 0.25) is 0 Å². The zero-order valence-corrected chi connectivity index (χ0v) is 8.78. The molecule has 1 radical (unpaired) electrons. The summed E-state index contributed by atoms with van der Waals surface area (Å²) in [5.41, 5.74) is 0. The highest BCUT2D eigenvalue weighted by Gasteiger charge is 2.16. The maximum absolute atomic E-state index is 5.32. The highest BCUT2D eigenvalue weighted by atomic mass is 32.2. The fourth-order valence-corrected chi connectivity index (χ4v) is 1.85. The molecule has 1 atom stereocenters. The molecule has 0 aromatic rings. The number of rotatable bonds is 5. The lowest BCUT2D eigenvalue weighted by Gasteiger charge is -2.18. The van der Waals surface area contributed by atoms with Crippen LogP contribution >= 0.6 is 24.4 Å². The molecule has 0 aromatic carbocycles. The Morgan fingerprint density at radius 2 is 2.00 bits per heavy atom. The quantitative estimate of drug-likeness (QED) is 0.575. The second kappa shape index (κ2) is 5.36. The van der Waals surface area contributed by atoms with Crippen LogP contribution in [0, 0.1) is 0 Å². The van der Waals surface area contributed by atoms with Crippen molar-refractivity contribution in [1.29, 1.82) is 0 Å². The third kappa shape index (κ3) is 5.48. The second-order valence-electron chi connectivity index (χ2n) is 2.69. The Morgan fingerprint density at radius 1 is 1.40 bits per heavy atom. The molecule has 61 valence electrons. The number of hydrogen-bond donors (Lipinski definition) is 0. The fraction of sp³-hybridized carbons (Fsp3) is 1.00. The van der Waals surface area contributed by atoms with Gasteiger partial charge < -0.3 is 0 Å². The molecule has 0 rings (SSSR count). The van der Waals surface area contributed by atoms with Gasteiger partial charge in [0.1, 0.15) is 0 Å². The van der Waals surface area contributed by atoms with Gasteiger partial charge in [-0.1, -0.05) is 32.9 Å². The Bertz CT molecular complexity index is 79.3. The number of unbranched alkanes of at least 4 members (excludes halogenated alkanes) is 1. The smallest absolute Gasteiger partial charge is 0.0684 e. The first-order valence-electron chi connectivity index (χ1n) is 3.96. The lowest BCUT2D eigenvalue weighted by molar-refractivity contribution is 0.839. The summed E-state index contributed by atoms with van der Waals surface area (Å²) in [5, 5.41) is 0. The van der Waals surface area contributed by atoms with E-state index in [-0.39, 0.29) is 4.08 Å². The van der Waals surface area contributed by atoms with Gasteiger partial charge in [0.25, 0.3) is 0 Å². The van der Waals surface area contributed by atoms with Crippen LogP contribution in [0.4, 0.5) is 0 Å². The first kappa shape index (κ1) is 10.7. The summed E-state index contributed by atoms with van der Waals surface area (Å²) in [6.07, 6.45) is 3.68. The largest absolute Gasteiger partial charge is 0.144 e. The molecule has 0 spiro atoms. The molecule has 0 saturated carbocycles. The van der Waals surface area contributed by atoms with E-state index in [1.807, 2.05) is 11.8 Å². The molecule has 0 aliphatic heterocycles. The maximum atomic E-state index is 5.32. The monoisotopic (exact) mass is 177 g/mol. The van der Waals surface area contributed by atoms with Crippen LogP contribution < -0.4 is 0 Å². The summed E-state index contributed by atoms with van der Waals surface area (Å²) < 4.78 is 0.0924. The molecule has 0 fully saturated rings. The van der Waals surface area contributed by atoms with Gasteiger partial charge in [-0.15, -0.1) is 11.8 Å². The molecule has 0 aliphatic rings. The predicted molar refractivity (Wildman–Crippen MR) is 53.7 cm³/mol. The summed E-state index contributed by atoms with van der Waals surface area (Å²) >= 11 is 7.24. The molecule has 10 heavy (non-hydrogen) atoms. The molecule has 0 heterocycles. The second-order valence-corrected chi connectivity index (χ2v) is 5.45. The van der Waals surface area contributed by atoms with Crippen molar-refractivity contribution in [3.63, 3.8) is 0 Å². The predicted octanol–water partition coefficient (Wildman–Crippen LogP) is 3.84. The Balaban J connectivity index is 3.28. The normalized spacial score (nSPS) is 16.8. The summed E-state index contributed by atoms with van der Waals surface area (Å²) in [6, 6.07) is 0. The molecule has 1 unspecified atom stereocenters. The van der Waals surface area contributed by atoms with E-state index in [1.165, 1.54) is 18.6 Å². The van der Waals surface area contributed by atoms with Crippen LogP contribution in [-0.2, 0) is 0 Å². The van der Waals surface area contributed by atoms with Crippen molar-refractivity contribution in [2.45, 2.75) is 44.1 Å². The van der Waals surface area contributed by atoms with Gasteiger partial charge in [0.2, 0.25) is 0 Å². The summed E-state index contributed by atoms with van der Waals surface area (Å²) in [7, 11) is 0. The van der Waals surface area contributed by atoms with Crippen molar-refractivity contribution in [2.24, 2.45) is 0 Å². The van der Waals surface area contributed by atoms with Crippen LogP contribution in [0.25, 0.3) is 0 Å². The van der Waals surface area contributed by atoms with E-state index < -0.39 is 0 Å². The molecule has 0 saturated heterocycles. The SMILES string of the molecule is CCCCSC(C)([S])CC. The zero-order chi connectivity index (χ0) is 8.04. The topological polar surface area (TPSA) is 0 Å². The van der Waals surface area contributed by atoms with Crippen LogP contribution in [-0.4, -0.2) is 9.83 Å². The highest BCUT2D eigenvalue weighted by molar-refractivity contribution is 8.11. The van der Waals surface area contributed by atoms with Gasteiger partial charge in [0.05, 0.1) is 4.08 Å². The number of hydrogen-bond acceptors (Lipinski definition) is 1. The van der Waals surface area contributed by atoms with E-state index in [0.717, 1.165) is 6.42 Å². The Hall–Kier alpha value is 0.700. The van der Waals surface area contributed by atoms with Crippen molar-refractivity contribution in [1.82, 2.24) is 0 Å². The molecular weight excluding hydrogens is 160 g/mol. The average Bonchev–Trinajstić information content (AvgIpc) is 1.89. The van der Waals surface area contributed by atoms with E-state index >= 15 is 0 Å². The van der Waals surface area contributed by atoms with Gasteiger partial charge in [-0.25, -0.2) is 0 Å². The average molecular weight is 177 g/mol. The minimum Gasteiger partial charge on any atom is -0.144 e. The van der Waals surface area contributed by atoms with Gasteiger partial charge in [-0.05, 0) is 25.5 Å². The Labute approximate surface area is 74.6 Å². The molecule has 0 aromatic heterocycles. The van der Waals surface area contributed by atoms with E-state index in [2.05, 4.69) is 20.8 Å². The first-order chi connectivity index (χ1) is 4.62. The van der Waals surface area contributed by atoms with Crippen molar-refractivity contribution < 1.29 is 0 Å². The van der Waals surface area contributed by atoms with Crippen LogP contribution in [0.1, 0.15) is 40.0 Å². The molecule has 0 bridgehead atoms. The van der Waals surface area contributed by atoms with Crippen LogP contribution in [0.15, 0.2) is 0 Å². The van der Waals surface area contributed by atoms with Crippen molar-refractivity contribution in [3.05, 3.63) is 0 Å². The van der Waals surface area contributed by atoms with Crippen molar-refractivity contribution >= 4 is 24.4 Å². The van der Waals surface area contributed by atoms with Gasteiger partial charge in [0, 0.05) is 0 Å². The molecule has 0 N–H and O–H groups in total. The highest BCUT2D eigenvalue weighted by Crippen LogP contribution is 2.32. The maximum Gasteiger partial charge on any atom is 0.0684 e. The van der Waals surface area contributed by atoms with Gasteiger partial charge in [-0.2, -0.15) is 0 Å². The van der Waals surface area contributed by atoms with Crippen molar-refractivity contribution in [3.8, 4) is 0 Å². The minimum absolute atomic E-state index is 0.0924. The molecule has 2 heteroatoms. The lowest BCUT2D eigenvalue weighted by Crippen LogP contribution is -2.09. The summed E-state index contributed by atoms with van der Waals surface area (Å²) in [6.45, 7) is 6.52. The number of thioether (sulfide) groups is 1. The Kier molecular flexibility index (Phi) is 5.74. The van der Waals surface area contributed by atoms with E-state index in [0.29, 0.717) is 0 Å². The van der Waals surface area contributed by atoms with Gasteiger partial charge in [0.15, 0.2) is 0 Å². The third-order valence-electron chi connectivity index (χ3n) is 1.55. The van der Waals surface area contributed by atoms with Crippen LogP contribution in [0.3, 0.4) is 0 Å². The third-order valence-corrected chi connectivity index (χ3v) is 3.58. The molecule has 0 amide bonds. The minimum atomic E-state index is 0.0924. The molecular formula is C8H17S2. The first-order valence-corrected chi connectivity index (χ1v) is 5.36. The van der Waals surface area contributed by atoms with E-state index in [9.17, 15) is 0 Å². The van der Waals surface area contributed by atoms with Crippen LogP contribution in [0.5, 0.6) is 0 Å². The fourth-order valence-electron chi connectivity index (χ4n) is 0.534. The van der Waals surface area contributed by atoms with Gasteiger partial charge in [-0.3, -0.25) is 0 Å². The summed E-state index contributed by atoms with van der Waals surface area (Å²) in [5.74, 6) is 1.23.